The molecule has 4 saturated carbocycles. The Morgan fingerprint density at radius 1 is 1.09 bits per heavy atom. The lowest BCUT2D eigenvalue weighted by Gasteiger charge is -2.64. The Morgan fingerprint density at radius 2 is 1.74 bits per heavy atom. The summed E-state index contributed by atoms with van der Waals surface area (Å²) in [6.07, 6.45) is 6.92. The molecule has 2 atom stereocenters. The van der Waals surface area contributed by atoms with Crippen LogP contribution in [-0.2, 0) is 4.79 Å². The summed E-state index contributed by atoms with van der Waals surface area (Å²) >= 11 is 12.2. The van der Waals surface area contributed by atoms with Crippen LogP contribution in [0.1, 0.15) is 52.4 Å². The van der Waals surface area contributed by atoms with E-state index >= 15 is 0 Å². The van der Waals surface area contributed by atoms with Crippen LogP contribution in [0.4, 0.5) is 5.69 Å². The zero-order valence-corrected chi connectivity index (χ0v) is 15.2. The zero-order valence-electron chi connectivity index (χ0n) is 13.7. The highest BCUT2D eigenvalue weighted by Gasteiger charge is 2.62. The van der Waals surface area contributed by atoms with Crippen LogP contribution in [0.25, 0.3) is 0 Å². The van der Waals surface area contributed by atoms with Crippen molar-refractivity contribution in [2.24, 2.45) is 22.2 Å². The molecule has 4 bridgehead atoms. The summed E-state index contributed by atoms with van der Waals surface area (Å²) in [6, 6.07) is 5.25. The fourth-order valence-corrected chi connectivity index (χ4v) is 7.00. The summed E-state index contributed by atoms with van der Waals surface area (Å²) in [6.45, 7) is 4.76. The first kappa shape index (κ1) is 15.8. The van der Waals surface area contributed by atoms with Crippen LogP contribution in [0.5, 0.6) is 0 Å². The van der Waals surface area contributed by atoms with Crippen molar-refractivity contribution in [3.63, 3.8) is 0 Å². The third kappa shape index (κ3) is 2.59. The van der Waals surface area contributed by atoms with E-state index in [0.29, 0.717) is 32.5 Å². The molecule has 0 saturated heterocycles. The first-order chi connectivity index (χ1) is 10.7. The number of hydrogen-bond donors (Lipinski definition) is 1. The molecule has 1 aromatic carbocycles. The lowest BCUT2D eigenvalue weighted by molar-refractivity contribution is -0.165. The lowest BCUT2D eigenvalue weighted by atomic mass is 9.40. The number of amides is 1. The van der Waals surface area contributed by atoms with Crippen LogP contribution in [0.15, 0.2) is 18.2 Å². The Morgan fingerprint density at radius 3 is 2.30 bits per heavy atom. The molecular weight excluding hydrogens is 329 g/mol. The number of nitrogens with one attached hydrogen (secondary N) is 1. The Bertz CT molecular complexity index is 668. The van der Waals surface area contributed by atoms with Gasteiger partial charge in [0.2, 0.25) is 5.91 Å². The summed E-state index contributed by atoms with van der Waals surface area (Å²) in [5.74, 6) is 0.857. The quantitative estimate of drug-likeness (QED) is 0.702. The molecule has 0 radical (unpaired) electrons. The molecule has 1 N–H and O–H groups in total. The predicted molar refractivity (Wildman–Crippen MR) is 94.9 cm³/mol. The highest BCUT2D eigenvalue weighted by Crippen LogP contribution is 2.69. The molecule has 124 valence electrons. The minimum absolute atomic E-state index is 0.156. The van der Waals surface area contributed by atoms with Gasteiger partial charge in [0.25, 0.3) is 0 Å². The lowest BCUT2D eigenvalue weighted by Crippen LogP contribution is -2.58. The molecule has 1 amide bonds. The molecule has 0 unspecified atom stereocenters. The van der Waals surface area contributed by atoms with Crippen LogP contribution in [0.3, 0.4) is 0 Å². The number of rotatable bonds is 2. The fraction of sp³-hybridized carbons (Fsp3) is 0.632. The predicted octanol–water partition coefficient (Wildman–Crippen LogP) is 5.93. The van der Waals surface area contributed by atoms with E-state index in [-0.39, 0.29) is 11.3 Å². The molecule has 2 nitrogen and oxygen atoms in total. The zero-order chi connectivity index (χ0) is 16.5. The maximum Gasteiger partial charge on any atom is 0.230 e. The van der Waals surface area contributed by atoms with Gasteiger partial charge in [-0.2, -0.15) is 0 Å². The van der Waals surface area contributed by atoms with Crippen molar-refractivity contribution in [1.29, 1.82) is 0 Å². The third-order valence-corrected chi connectivity index (χ3v) is 6.84. The molecule has 4 fully saturated rings. The van der Waals surface area contributed by atoms with Crippen molar-refractivity contribution >= 4 is 34.8 Å². The van der Waals surface area contributed by atoms with E-state index in [2.05, 4.69) is 19.2 Å². The first-order valence-electron chi connectivity index (χ1n) is 8.48. The second kappa shape index (κ2) is 4.89. The summed E-state index contributed by atoms with van der Waals surface area (Å²) in [5.41, 5.74) is 1.11. The average Bonchev–Trinajstić information content (AvgIpc) is 2.37. The molecule has 0 spiro atoms. The van der Waals surface area contributed by atoms with Crippen molar-refractivity contribution < 1.29 is 4.79 Å². The smallest absolute Gasteiger partial charge is 0.230 e. The average molecular weight is 352 g/mol. The number of halogens is 2. The van der Waals surface area contributed by atoms with Gasteiger partial charge in [0, 0.05) is 5.02 Å². The molecule has 4 aliphatic carbocycles. The Balaban J connectivity index is 1.63. The number of hydrogen-bond acceptors (Lipinski definition) is 1. The minimum atomic E-state index is -0.216. The summed E-state index contributed by atoms with van der Waals surface area (Å²) in [4.78, 5) is 13.2. The van der Waals surface area contributed by atoms with Gasteiger partial charge in [-0.05, 0) is 73.5 Å². The van der Waals surface area contributed by atoms with Crippen LogP contribution >= 0.6 is 23.2 Å². The second-order valence-corrected chi connectivity index (χ2v) is 9.83. The van der Waals surface area contributed by atoms with Gasteiger partial charge < -0.3 is 5.32 Å². The largest absolute Gasteiger partial charge is 0.324 e. The summed E-state index contributed by atoms with van der Waals surface area (Å²) in [5, 5.41) is 4.19. The van der Waals surface area contributed by atoms with E-state index < -0.39 is 0 Å². The number of anilines is 1. The second-order valence-electron chi connectivity index (χ2n) is 8.99. The van der Waals surface area contributed by atoms with Crippen LogP contribution in [0.2, 0.25) is 10.0 Å². The molecule has 4 aliphatic rings. The van der Waals surface area contributed by atoms with E-state index in [1.54, 1.807) is 18.2 Å². The Labute approximate surface area is 147 Å². The van der Waals surface area contributed by atoms with Crippen molar-refractivity contribution in [3.8, 4) is 0 Å². The van der Waals surface area contributed by atoms with Crippen LogP contribution in [0, 0.1) is 22.2 Å². The van der Waals surface area contributed by atoms with Crippen molar-refractivity contribution in [1.82, 2.24) is 0 Å². The minimum Gasteiger partial charge on any atom is -0.324 e. The van der Waals surface area contributed by atoms with Crippen molar-refractivity contribution in [3.05, 3.63) is 28.2 Å². The van der Waals surface area contributed by atoms with Crippen molar-refractivity contribution in [2.75, 3.05) is 5.32 Å². The monoisotopic (exact) mass is 351 g/mol. The van der Waals surface area contributed by atoms with Crippen LogP contribution < -0.4 is 5.32 Å². The van der Waals surface area contributed by atoms with E-state index in [9.17, 15) is 4.79 Å². The highest BCUT2D eigenvalue weighted by molar-refractivity contribution is 6.36. The van der Waals surface area contributed by atoms with E-state index in [0.717, 1.165) is 19.3 Å². The van der Waals surface area contributed by atoms with Crippen molar-refractivity contribution in [2.45, 2.75) is 52.4 Å². The van der Waals surface area contributed by atoms with Gasteiger partial charge in [0.05, 0.1) is 16.1 Å². The SMILES string of the molecule is C[C@@]12CC3CC(C(=O)Nc4ccc(Cl)cc4Cl)(C1)C[C@@](C)(C3)C2. The van der Waals surface area contributed by atoms with Gasteiger partial charge in [-0.3, -0.25) is 4.79 Å². The van der Waals surface area contributed by atoms with Crippen LogP contribution in [-0.4, -0.2) is 5.91 Å². The topological polar surface area (TPSA) is 29.1 Å². The maximum atomic E-state index is 13.2. The molecule has 1 aromatic rings. The third-order valence-electron chi connectivity index (χ3n) is 6.29. The Kier molecular flexibility index (Phi) is 3.36. The molecular formula is C19H23Cl2NO. The molecule has 23 heavy (non-hydrogen) atoms. The van der Waals surface area contributed by atoms with E-state index in [1.165, 1.54) is 19.3 Å². The molecule has 5 rings (SSSR count). The van der Waals surface area contributed by atoms with Gasteiger partial charge in [0.1, 0.15) is 0 Å². The van der Waals surface area contributed by atoms with Gasteiger partial charge in [-0.15, -0.1) is 0 Å². The molecule has 0 aliphatic heterocycles. The number of carbonyl (C=O) groups excluding carboxylic acids is 1. The number of carbonyl (C=O) groups is 1. The highest BCUT2D eigenvalue weighted by atomic mass is 35.5. The van der Waals surface area contributed by atoms with Gasteiger partial charge in [-0.25, -0.2) is 0 Å². The summed E-state index contributed by atoms with van der Waals surface area (Å²) in [7, 11) is 0. The summed E-state index contributed by atoms with van der Waals surface area (Å²) < 4.78 is 0. The first-order valence-corrected chi connectivity index (χ1v) is 9.23. The van der Waals surface area contributed by atoms with E-state index in [1.807, 2.05) is 0 Å². The molecule has 4 heteroatoms. The molecule has 0 heterocycles. The fourth-order valence-electron chi connectivity index (χ4n) is 6.55. The van der Waals surface area contributed by atoms with Gasteiger partial charge in [-0.1, -0.05) is 37.0 Å². The van der Waals surface area contributed by atoms with Gasteiger partial charge in [0.15, 0.2) is 0 Å². The van der Waals surface area contributed by atoms with E-state index in [4.69, 9.17) is 23.2 Å². The Hall–Kier alpha value is -0.730. The normalized spacial score (nSPS) is 41.1. The standard InChI is InChI=1S/C19H23Cl2NO/c1-17-6-12-7-18(2,9-17)11-19(8-12,10-17)16(23)22-15-4-3-13(20)5-14(15)21/h3-5,12H,6-11H2,1-2H3,(H,22,23)/t12?,17-,18-,19?/m0/s1. The number of benzene rings is 1. The maximum absolute atomic E-state index is 13.2. The molecule has 0 aromatic heterocycles. The van der Waals surface area contributed by atoms with Gasteiger partial charge >= 0.3 is 0 Å².